The number of carbonyl (C=O) groups excluding carboxylic acids is 1. The Morgan fingerprint density at radius 1 is 1.43 bits per heavy atom. The van der Waals surface area contributed by atoms with E-state index < -0.39 is 4.92 Å². The number of aromatic nitrogens is 1. The summed E-state index contributed by atoms with van der Waals surface area (Å²) in [4.78, 5) is 27.5. The molecule has 2 N–H and O–H groups in total. The van der Waals surface area contributed by atoms with Crippen molar-refractivity contribution in [2.75, 3.05) is 6.54 Å². The number of nitrogens with zero attached hydrogens (tertiary/aromatic N) is 2. The van der Waals surface area contributed by atoms with Crippen molar-refractivity contribution in [3.63, 3.8) is 0 Å². The normalized spacial score (nSPS) is 11.7. The molecule has 0 fully saturated rings. The monoisotopic (exact) mass is 334 g/mol. The summed E-state index contributed by atoms with van der Waals surface area (Å²) in [5, 5.41) is 17.2. The molecule has 0 spiro atoms. The Morgan fingerprint density at radius 3 is 2.87 bits per heavy atom. The van der Waals surface area contributed by atoms with Crippen LogP contribution in [0.3, 0.4) is 0 Å². The van der Waals surface area contributed by atoms with Gasteiger partial charge in [0.25, 0.3) is 5.69 Å². The highest BCUT2D eigenvalue weighted by molar-refractivity contribution is 7.11. The van der Waals surface area contributed by atoms with Crippen molar-refractivity contribution in [3.05, 3.63) is 56.0 Å². The van der Waals surface area contributed by atoms with Crippen molar-refractivity contribution < 1.29 is 9.72 Å². The second-order valence-corrected chi connectivity index (χ2v) is 6.47. The summed E-state index contributed by atoms with van der Waals surface area (Å²) < 4.78 is 0. The summed E-state index contributed by atoms with van der Waals surface area (Å²) in [7, 11) is 0. The van der Waals surface area contributed by atoms with Crippen LogP contribution in [0.25, 0.3) is 0 Å². The Hall–Kier alpha value is -2.48. The minimum atomic E-state index is -0.457. The van der Waals surface area contributed by atoms with Crippen molar-refractivity contribution >= 4 is 23.1 Å². The number of amides is 2. The largest absolute Gasteiger partial charge is 0.337 e. The van der Waals surface area contributed by atoms with Gasteiger partial charge >= 0.3 is 6.03 Å². The summed E-state index contributed by atoms with van der Waals surface area (Å²) >= 11 is 1.62. The summed E-state index contributed by atoms with van der Waals surface area (Å²) in [6.45, 7) is 4.71. The fraction of sp³-hybridized carbons (Fsp3) is 0.333. The van der Waals surface area contributed by atoms with Gasteiger partial charge in [0.1, 0.15) is 0 Å². The van der Waals surface area contributed by atoms with Gasteiger partial charge in [-0.15, -0.1) is 11.3 Å². The van der Waals surface area contributed by atoms with Gasteiger partial charge in [-0.25, -0.2) is 9.78 Å². The molecule has 2 amide bonds. The van der Waals surface area contributed by atoms with E-state index >= 15 is 0 Å². The van der Waals surface area contributed by atoms with E-state index in [2.05, 4.69) is 15.6 Å². The highest BCUT2D eigenvalue weighted by Crippen LogP contribution is 2.20. The SMILES string of the molecule is Cc1cnc([C@@H](C)CNC(=O)NCc2cccc([N+](=O)[O-])c2)s1. The van der Waals surface area contributed by atoms with Gasteiger partial charge < -0.3 is 10.6 Å². The quantitative estimate of drug-likeness (QED) is 0.627. The third-order valence-corrected chi connectivity index (χ3v) is 4.35. The maximum Gasteiger partial charge on any atom is 0.315 e. The van der Waals surface area contributed by atoms with E-state index in [1.807, 2.05) is 20.0 Å². The Labute approximate surface area is 137 Å². The molecule has 0 aliphatic carbocycles. The first-order valence-electron chi connectivity index (χ1n) is 7.13. The molecule has 2 aromatic rings. The first-order chi connectivity index (χ1) is 11.0. The number of hydrogen-bond acceptors (Lipinski definition) is 5. The molecule has 7 nitrogen and oxygen atoms in total. The number of carbonyl (C=O) groups is 1. The molecule has 1 aromatic carbocycles. The summed E-state index contributed by atoms with van der Waals surface area (Å²) in [5.74, 6) is 0.136. The summed E-state index contributed by atoms with van der Waals surface area (Å²) in [6.07, 6.45) is 1.82. The number of nitro groups is 1. The smallest absolute Gasteiger partial charge is 0.315 e. The lowest BCUT2D eigenvalue weighted by molar-refractivity contribution is -0.384. The summed E-state index contributed by atoms with van der Waals surface area (Å²) in [6, 6.07) is 5.88. The molecular formula is C15H18N4O3S. The van der Waals surface area contributed by atoms with Gasteiger partial charge in [-0.1, -0.05) is 19.1 Å². The molecule has 8 heteroatoms. The van der Waals surface area contributed by atoms with Crippen LogP contribution in [0.1, 0.15) is 28.3 Å². The van der Waals surface area contributed by atoms with Crippen molar-refractivity contribution in [2.24, 2.45) is 0 Å². The Bertz CT molecular complexity index is 702. The number of benzene rings is 1. The third-order valence-electron chi connectivity index (χ3n) is 3.20. The van der Waals surface area contributed by atoms with Crippen LogP contribution in [0.5, 0.6) is 0 Å². The fourth-order valence-electron chi connectivity index (χ4n) is 1.96. The van der Waals surface area contributed by atoms with Gasteiger partial charge in [-0.2, -0.15) is 0 Å². The van der Waals surface area contributed by atoms with Crippen LogP contribution in [0.15, 0.2) is 30.5 Å². The lowest BCUT2D eigenvalue weighted by Gasteiger charge is -2.11. The van der Waals surface area contributed by atoms with E-state index in [1.165, 1.54) is 12.1 Å². The van der Waals surface area contributed by atoms with E-state index in [1.54, 1.807) is 23.5 Å². The zero-order valence-electron chi connectivity index (χ0n) is 12.9. The average Bonchev–Trinajstić information content (AvgIpc) is 2.97. The van der Waals surface area contributed by atoms with Crippen LogP contribution in [0.4, 0.5) is 10.5 Å². The Kier molecular flexibility index (Phi) is 5.64. The molecular weight excluding hydrogens is 316 g/mol. The highest BCUT2D eigenvalue weighted by atomic mass is 32.1. The summed E-state index contributed by atoms with van der Waals surface area (Å²) in [5.41, 5.74) is 0.690. The predicted octanol–water partition coefficient (Wildman–Crippen LogP) is 2.96. The molecule has 23 heavy (non-hydrogen) atoms. The van der Waals surface area contributed by atoms with E-state index in [4.69, 9.17) is 0 Å². The van der Waals surface area contributed by atoms with Gasteiger partial charge in [-0.05, 0) is 12.5 Å². The number of urea groups is 1. The van der Waals surface area contributed by atoms with Crippen molar-refractivity contribution in [1.82, 2.24) is 15.6 Å². The lowest BCUT2D eigenvalue weighted by Crippen LogP contribution is -2.37. The maximum absolute atomic E-state index is 11.8. The third kappa shape index (κ3) is 5.03. The van der Waals surface area contributed by atoms with E-state index in [9.17, 15) is 14.9 Å². The van der Waals surface area contributed by atoms with Crippen molar-refractivity contribution in [2.45, 2.75) is 26.3 Å². The molecule has 122 valence electrons. The first-order valence-corrected chi connectivity index (χ1v) is 7.94. The zero-order valence-corrected chi connectivity index (χ0v) is 13.7. The van der Waals surface area contributed by atoms with Gasteiger partial charge in [0.2, 0.25) is 0 Å². The van der Waals surface area contributed by atoms with Gasteiger partial charge in [0.05, 0.1) is 9.93 Å². The Morgan fingerprint density at radius 2 is 2.22 bits per heavy atom. The lowest BCUT2D eigenvalue weighted by atomic mass is 10.2. The molecule has 0 bridgehead atoms. The second kappa shape index (κ2) is 7.68. The number of non-ortho nitro benzene ring substituents is 1. The van der Waals surface area contributed by atoms with E-state index in [0.29, 0.717) is 12.1 Å². The predicted molar refractivity (Wildman–Crippen MR) is 88.6 cm³/mol. The highest BCUT2D eigenvalue weighted by Gasteiger charge is 2.11. The van der Waals surface area contributed by atoms with E-state index in [0.717, 1.165) is 9.88 Å². The van der Waals surface area contributed by atoms with Crippen LogP contribution in [0.2, 0.25) is 0 Å². The minimum Gasteiger partial charge on any atom is -0.337 e. The van der Waals surface area contributed by atoms with E-state index in [-0.39, 0.29) is 24.2 Å². The van der Waals surface area contributed by atoms with Crippen molar-refractivity contribution in [1.29, 1.82) is 0 Å². The molecule has 0 saturated heterocycles. The van der Waals surface area contributed by atoms with Crippen LogP contribution < -0.4 is 10.6 Å². The second-order valence-electron chi connectivity index (χ2n) is 5.20. The fourth-order valence-corrected chi connectivity index (χ4v) is 2.78. The number of rotatable bonds is 6. The number of aryl methyl sites for hydroxylation is 1. The van der Waals surface area contributed by atoms with Crippen LogP contribution in [0, 0.1) is 17.0 Å². The van der Waals surface area contributed by atoms with Crippen LogP contribution >= 0.6 is 11.3 Å². The standard InChI is InChI=1S/C15H18N4O3S/c1-10(14-16-8-11(2)23-14)7-17-15(20)18-9-12-4-3-5-13(6-12)19(21)22/h3-6,8,10H,7,9H2,1-2H3,(H2,17,18,20)/t10-/m0/s1. The zero-order chi connectivity index (χ0) is 16.8. The molecule has 1 heterocycles. The molecule has 1 aromatic heterocycles. The Balaban J connectivity index is 1.79. The molecule has 2 rings (SSSR count). The number of hydrogen-bond donors (Lipinski definition) is 2. The van der Waals surface area contributed by atoms with Gasteiger partial charge in [0.15, 0.2) is 0 Å². The molecule has 1 atom stereocenters. The molecule has 0 aliphatic rings. The number of nitro benzene ring substituents is 1. The first kappa shape index (κ1) is 16.9. The number of thiazole rings is 1. The average molecular weight is 334 g/mol. The molecule has 0 aliphatic heterocycles. The molecule has 0 radical (unpaired) electrons. The van der Waals surface area contributed by atoms with Crippen LogP contribution in [-0.2, 0) is 6.54 Å². The van der Waals surface area contributed by atoms with Gasteiger partial charge in [-0.3, -0.25) is 10.1 Å². The van der Waals surface area contributed by atoms with Crippen LogP contribution in [-0.4, -0.2) is 22.5 Å². The topological polar surface area (TPSA) is 97.2 Å². The minimum absolute atomic E-state index is 0.0115. The van der Waals surface area contributed by atoms with Gasteiger partial charge in [0, 0.05) is 42.2 Å². The van der Waals surface area contributed by atoms with Crippen molar-refractivity contribution in [3.8, 4) is 0 Å². The molecule has 0 unspecified atom stereocenters. The maximum atomic E-state index is 11.8. The number of nitrogens with one attached hydrogen (secondary N) is 2. The molecule has 0 saturated carbocycles.